The largest absolute Gasteiger partial charge is 0.336 e. The van der Waals surface area contributed by atoms with E-state index < -0.39 is 0 Å². The number of benzene rings is 1. The van der Waals surface area contributed by atoms with Crippen molar-refractivity contribution in [1.82, 2.24) is 15.1 Å². The highest BCUT2D eigenvalue weighted by atomic mass is 32.1. The lowest BCUT2D eigenvalue weighted by Crippen LogP contribution is -2.13. The third-order valence-electron chi connectivity index (χ3n) is 4.72. The molecule has 3 heterocycles. The molecule has 0 saturated heterocycles. The Morgan fingerprint density at radius 2 is 2.14 bits per heavy atom. The van der Waals surface area contributed by atoms with Crippen LogP contribution in [0.2, 0.25) is 0 Å². The second kappa shape index (κ2) is 6.49. The second-order valence-electron chi connectivity index (χ2n) is 6.82. The van der Waals surface area contributed by atoms with E-state index in [4.69, 9.17) is 4.52 Å². The van der Waals surface area contributed by atoms with E-state index >= 15 is 0 Å². The predicted molar refractivity (Wildman–Crippen MR) is 104 cm³/mol. The molecule has 0 unspecified atom stereocenters. The van der Waals surface area contributed by atoms with E-state index in [9.17, 15) is 9.18 Å². The number of hydrogen-bond donors (Lipinski definition) is 1. The number of nitrogens with zero attached hydrogens (tertiary/aromatic N) is 3. The maximum atomic E-state index is 13.4. The normalized spacial score (nSPS) is 13.8. The second-order valence-corrected chi connectivity index (χ2v) is 7.68. The molecule has 0 spiro atoms. The number of amides is 1. The Bertz CT molecular complexity index is 1210. The number of aryl methyl sites for hydroxylation is 1. The summed E-state index contributed by atoms with van der Waals surface area (Å²) in [5.74, 6) is -0.243. The van der Waals surface area contributed by atoms with Crippen molar-refractivity contribution in [3.8, 4) is 11.3 Å². The summed E-state index contributed by atoms with van der Waals surface area (Å²) in [6.07, 6.45) is 2.13. The molecule has 1 fully saturated rings. The number of pyridine rings is 1. The molecule has 1 aromatic carbocycles. The van der Waals surface area contributed by atoms with E-state index in [0.29, 0.717) is 44.7 Å². The van der Waals surface area contributed by atoms with Gasteiger partial charge in [-0.25, -0.2) is 14.4 Å². The molecule has 0 atom stereocenters. The van der Waals surface area contributed by atoms with Gasteiger partial charge in [-0.05, 0) is 38.0 Å². The molecule has 1 saturated carbocycles. The van der Waals surface area contributed by atoms with Crippen molar-refractivity contribution in [1.29, 1.82) is 0 Å². The van der Waals surface area contributed by atoms with E-state index in [1.165, 1.54) is 23.5 Å². The molecule has 1 aliphatic carbocycles. The topological polar surface area (TPSA) is 80.9 Å². The first-order valence-corrected chi connectivity index (χ1v) is 9.76. The van der Waals surface area contributed by atoms with Gasteiger partial charge in [-0.15, -0.1) is 11.3 Å². The Kier molecular flexibility index (Phi) is 3.94. The molecule has 6 nitrogen and oxygen atoms in total. The van der Waals surface area contributed by atoms with E-state index in [-0.39, 0.29) is 11.7 Å². The third-order valence-corrected chi connectivity index (χ3v) is 5.48. The van der Waals surface area contributed by atoms with Gasteiger partial charge < -0.3 is 4.52 Å². The molecule has 3 aromatic heterocycles. The van der Waals surface area contributed by atoms with Gasteiger partial charge in [-0.1, -0.05) is 17.3 Å². The predicted octanol–water partition coefficient (Wildman–Crippen LogP) is 4.92. The van der Waals surface area contributed by atoms with Crippen LogP contribution in [0, 0.1) is 12.7 Å². The lowest BCUT2D eigenvalue weighted by molar-refractivity contribution is 0.102. The smallest absolute Gasteiger partial charge is 0.259 e. The molecule has 1 N–H and O–H groups in total. The summed E-state index contributed by atoms with van der Waals surface area (Å²) in [6, 6.07) is 8.02. The van der Waals surface area contributed by atoms with Crippen LogP contribution in [-0.4, -0.2) is 21.0 Å². The highest BCUT2D eigenvalue weighted by Crippen LogP contribution is 2.40. The first-order chi connectivity index (χ1) is 13.6. The zero-order valence-electron chi connectivity index (χ0n) is 14.9. The molecule has 140 valence electrons. The average molecular weight is 394 g/mol. The van der Waals surface area contributed by atoms with Crippen molar-refractivity contribution in [3.63, 3.8) is 0 Å². The average Bonchev–Trinajstić information content (AvgIpc) is 3.33. The Morgan fingerprint density at radius 1 is 1.29 bits per heavy atom. The quantitative estimate of drug-likeness (QED) is 0.531. The number of carbonyl (C=O) groups is 1. The number of halogens is 1. The number of anilines is 1. The molecule has 0 aliphatic heterocycles. The maximum absolute atomic E-state index is 13.4. The van der Waals surface area contributed by atoms with E-state index in [1.807, 2.05) is 6.07 Å². The molecule has 0 bridgehead atoms. The van der Waals surface area contributed by atoms with Gasteiger partial charge in [0.15, 0.2) is 5.13 Å². The van der Waals surface area contributed by atoms with Gasteiger partial charge in [0.25, 0.3) is 11.6 Å². The Hall–Kier alpha value is -3.13. The van der Waals surface area contributed by atoms with Crippen LogP contribution >= 0.6 is 11.3 Å². The van der Waals surface area contributed by atoms with Crippen LogP contribution in [0.4, 0.5) is 9.52 Å². The van der Waals surface area contributed by atoms with Crippen molar-refractivity contribution in [2.24, 2.45) is 0 Å². The third kappa shape index (κ3) is 3.05. The van der Waals surface area contributed by atoms with Crippen molar-refractivity contribution in [2.75, 3.05) is 5.32 Å². The van der Waals surface area contributed by atoms with Crippen molar-refractivity contribution < 1.29 is 13.7 Å². The number of thiazole rings is 1. The van der Waals surface area contributed by atoms with Crippen LogP contribution in [0.5, 0.6) is 0 Å². The van der Waals surface area contributed by atoms with Gasteiger partial charge in [-0.2, -0.15) is 0 Å². The van der Waals surface area contributed by atoms with E-state index in [1.54, 1.807) is 24.4 Å². The molecule has 0 radical (unpaired) electrons. The summed E-state index contributed by atoms with van der Waals surface area (Å²) in [5, 5.41) is 9.63. The fourth-order valence-electron chi connectivity index (χ4n) is 3.16. The van der Waals surface area contributed by atoms with Crippen LogP contribution in [0.15, 0.2) is 40.2 Å². The van der Waals surface area contributed by atoms with Crippen molar-refractivity contribution in [2.45, 2.75) is 25.7 Å². The van der Waals surface area contributed by atoms with Crippen LogP contribution in [0.1, 0.15) is 40.5 Å². The van der Waals surface area contributed by atoms with Crippen molar-refractivity contribution >= 4 is 33.5 Å². The molecule has 28 heavy (non-hydrogen) atoms. The number of rotatable bonds is 4. The summed E-state index contributed by atoms with van der Waals surface area (Å²) < 4.78 is 18.7. The molecular weight excluding hydrogens is 379 g/mol. The summed E-state index contributed by atoms with van der Waals surface area (Å²) in [5.41, 5.74) is 3.61. The zero-order chi connectivity index (χ0) is 19.3. The Morgan fingerprint density at radius 3 is 2.93 bits per heavy atom. The summed E-state index contributed by atoms with van der Waals surface area (Å²) in [4.78, 5) is 21.9. The molecular formula is C20H15FN4O2S. The maximum Gasteiger partial charge on any atom is 0.259 e. The number of carbonyl (C=O) groups excluding carboxylic acids is 1. The zero-order valence-corrected chi connectivity index (χ0v) is 15.7. The lowest BCUT2D eigenvalue weighted by Gasteiger charge is -2.06. The van der Waals surface area contributed by atoms with Gasteiger partial charge in [0.2, 0.25) is 0 Å². The SMILES string of the molecule is Cc1noc2nc(C3CC3)cc(C(=O)Nc3nc(-c4cccc(F)c4)cs3)c12. The van der Waals surface area contributed by atoms with Crippen LogP contribution in [-0.2, 0) is 0 Å². The van der Waals surface area contributed by atoms with Crippen LogP contribution in [0.3, 0.4) is 0 Å². The van der Waals surface area contributed by atoms with Gasteiger partial charge in [-0.3, -0.25) is 10.1 Å². The van der Waals surface area contributed by atoms with Gasteiger partial charge >= 0.3 is 0 Å². The van der Waals surface area contributed by atoms with Gasteiger partial charge in [0, 0.05) is 22.6 Å². The Balaban J connectivity index is 1.47. The lowest BCUT2D eigenvalue weighted by atomic mass is 10.1. The molecule has 4 aromatic rings. The fraction of sp³-hybridized carbons (Fsp3) is 0.200. The standard InChI is InChI=1S/C20H15FN4O2S/c1-10-17-14(8-15(11-5-6-11)22-19(17)27-25-10)18(26)24-20-23-16(9-28-20)12-3-2-4-13(21)7-12/h2-4,7-9,11H,5-6H2,1H3,(H,23,24,26). The highest BCUT2D eigenvalue weighted by Gasteiger charge is 2.28. The number of aromatic nitrogens is 3. The summed E-state index contributed by atoms with van der Waals surface area (Å²) >= 11 is 1.29. The fourth-order valence-corrected chi connectivity index (χ4v) is 3.87. The van der Waals surface area contributed by atoms with Crippen LogP contribution < -0.4 is 5.32 Å². The number of nitrogens with one attached hydrogen (secondary N) is 1. The number of hydrogen-bond acceptors (Lipinski definition) is 6. The van der Waals surface area contributed by atoms with E-state index in [0.717, 1.165) is 18.5 Å². The molecule has 8 heteroatoms. The monoisotopic (exact) mass is 394 g/mol. The minimum Gasteiger partial charge on any atom is -0.336 e. The first kappa shape index (κ1) is 17.0. The van der Waals surface area contributed by atoms with Crippen LogP contribution in [0.25, 0.3) is 22.4 Å². The van der Waals surface area contributed by atoms with Gasteiger partial charge in [0.05, 0.1) is 22.3 Å². The minimum absolute atomic E-state index is 0.291. The van der Waals surface area contributed by atoms with Crippen molar-refractivity contribution in [3.05, 3.63) is 58.5 Å². The highest BCUT2D eigenvalue weighted by molar-refractivity contribution is 7.14. The number of fused-ring (bicyclic) bond motifs is 1. The summed E-state index contributed by atoms with van der Waals surface area (Å²) in [7, 11) is 0. The van der Waals surface area contributed by atoms with Gasteiger partial charge in [0.1, 0.15) is 5.82 Å². The first-order valence-electron chi connectivity index (χ1n) is 8.88. The Labute approximate surface area is 163 Å². The molecule has 5 rings (SSSR count). The minimum atomic E-state index is -0.328. The van der Waals surface area contributed by atoms with E-state index in [2.05, 4.69) is 20.4 Å². The molecule has 1 amide bonds. The molecule has 1 aliphatic rings. The summed E-state index contributed by atoms with van der Waals surface area (Å²) in [6.45, 7) is 1.78.